The van der Waals surface area contributed by atoms with Gasteiger partial charge >= 0.3 is 11.9 Å². The van der Waals surface area contributed by atoms with Crippen molar-refractivity contribution in [2.24, 2.45) is 5.92 Å². The van der Waals surface area contributed by atoms with Gasteiger partial charge in [-0.15, -0.1) is 0 Å². The van der Waals surface area contributed by atoms with Crippen LogP contribution in [0.5, 0.6) is 0 Å². The predicted octanol–water partition coefficient (Wildman–Crippen LogP) is -0.108. The van der Waals surface area contributed by atoms with Crippen LogP contribution in [-0.2, 0) is 14.4 Å². The van der Waals surface area contributed by atoms with E-state index >= 15 is 0 Å². The van der Waals surface area contributed by atoms with Gasteiger partial charge in [-0.25, -0.2) is 0 Å². The highest BCUT2D eigenvalue weighted by molar-refractivity contribution is 5.95. The van der Waals surface area contributed by atoms with Crippen LogP contribution < -0.4 is 0 Å². The third kappa shape index (κ3) is 4.07. The minimum absolute atomic E-state index is 0.617. The van der Waals surface area contributed by atoms with E-state index in [1.807, 2.05) is 0 Å². The fraction of sp³-hybridized carbons (Fsp3) is 0.667. The number of carbonyl (C=O) groups excluding carboxylic acids is 1. The number of carboxylic acid groups (broad SMARTS) is 2. The molecule has 0 rings (SSSR count). The van der Waals surface area contributed by atoms with Crippen LogP contribution in [0.25, 0.3) is 0 Å². The van der Waals surface area contributed by atoms with Gasteiger partial charge < -0.3 is 15.3 Å². The van der Waals surface area contributed by atoms with E-state index < -0.39 is 42.1 Å². The van der Waals surface area contributed by atoms with E-state index in [1.165, 1.54) is 13.8 Å². The number of rotatable bonds is 6. The van der Waals surface area contributed by atoms with Crippen molar-refractivity contribution in [2.75, 3.05) is 0 Å². The fourth-order valence-electron chi connectivity index (χ4n) is 1.27. The molecule has 6 heteroatoms. The molecule has 0 aliphatic heterocycles. The number of Topliss-reactive ketones (excluding diaryl/α,β-unsaturated/α-hetero) is 1. The topological polar surface area (TPSA) is 112 Å². The second-order valence-corrected chi connectivity index (χ2v) is 3.69. The van der Waals surface area contributed by atoms with Crippen LogP contribution in [0, 0.1) is 5.92 Å². The fourth-order valence-corrected chi connectivity index (χ4v) is 1.27. The van der Waals surface area contributed by atoms with Crippen molar-refractivity contribution in [3.05, 3.63) is 0 Å². The number of hydrogen-bond donors (Lipinski definition) is 3. The summed E-state index contributed by atoms with van der Waals surface area (Å²) in [7, 11) is 0. The summed E-state index contributed by atoms with van der Waals surface area (Å²) in [6.45, 7) is 2.94. The summed E-state index contributed by atoms with van der Waals surface area (Å²) in [6, 6.07) is 0. The first kappa shape index (κ1) is 13.6. The highest BCUT2D eigenvalue weighted by Crippen LogP contribution is 2.21. The van der Waals surface area contributed by atoms with Gasteiger partial charge in [0.1, 0.15) is 5.60 Å². The van der Waals surface area contributed by atoms with Crippen molar-refractivity contribution < 1.29 is 29.7 Å². The standard InChI is InChI=1S/C9H14O6/c1-5(2)8(14)9(15,3-6(10)11)4-7(12)13/h5,15H,3-4H2,1-2H3,(H,10,11)(H,12,13). The smallest absolute Gasteiger partial charge is 0.306 e. The van der Waals surface area contributed by atoms with E-state index in [1.54, 1.807) is 0 Å². The molecule has 15 heavy (non-hydrogen) atoms. The Hall–Kier alpha value is -1.43. The molecule has 0 aliphatic carbocycles. The lowest BCUT2D eigenvalue weighted by Crippen LogP contribution is -2.45. The second-order valence-electron chi connectivity index (χ2n) is 3.69. The van der Waals surface area contributed by atoms with Crippen molar-refractivity contribution in [1.29, 1.82) is 0 Å². The summed E-state index contributed by atoms with van der Waals surface area (Å²) in [4.78, 5) is 32.3. The lowest BCUT2D eigenvalue weighted by Gasteiger charge is -2.24. The lowest BCUT2D eigenvalue weighted by atomic mass is 9.85. The number of carboxylic acids is 2. The maximum atomic E-state index is 11.5. The van der Waals surface area contributed by atoms with Crippen molar-refractivity contribution in [2.45, 2.75) is 32.3 Å². The summed E-state index contributed by atoms with van der Waals surface area (Å²) >= 11 is 0. The summed E-state index contributed by atoms with van der Waals surface area (Å²) in [5.41, 5.74) is -2.31. The average molecular weight is 218 g/mol. The van der Waals surface area contributed by atoms with E-state index in [4.69, 9.17) is 10.2 Å². The van der Waals surface area contributed by atoms with Crippen molar-refractivity contribution in [1.82, 2.24) is 0 Å². The van der Waals surface area contributed by atoms with Gasteiger partial charge in [0.05, 0.1) is 12.8 Å². The average Bonchev–Trinajstić information content (AvgIpc) is 1.99. The van der Waals surface area contributed by atoms with Gasteiger partial charge in [0.25, 0.3) is 0 Å². The zero-order valence-corrected chi connectivity index (χ0v) is 8.56. The van der Waals surface area contributed by atoms with Gasteiger partial charge in [0.15, 0.2) is 5.78 Å². The third-order valence-corrected chi connectivity index (χ3v) is 1.87. The number of aliphatic carboxylic acids is 2. The van der Waals surface area contributed by atoms with E-state index in [0.29, 0.717) is 0 Å². The molecule has 0 atom stereocenters. The molecular formula is C9H14O6. The van der Waals surface area contributed by atoms with Gasteiger partial charge in [-0.3, -0.25) is 14.4 Å². The largest absolute Gasteiger partial charge is 0.481 e. The quantitative estimate of drug-likeness (QED) is 0.573. The zero-order valence-electron chi connectivity index (χ0n) is 8.56. The van der Waals surface area contributed by atoms with Crippen LogP contribution in [-0.4, -0.2) is 38.6 Å². The molecular weight excluding hydrogens is 204 g/mol. The molecule has 3 N–H and O–H groups in total. The first-order valence-electron chi connectivity index (χ1n) is 4.39. The molecule has 86 valence electrons. The summed E-state index contributed by atoms with van der Waals surface area (Å²) in [6.07, 6.45) is -1.79. The van der Waals surface area contributed by atoms with Crippen LogP contribution >= 0.6 is 0 Å². The Labute approximate surface area is 86.5 Å². The summed E-state index contributed by atoms with van der Waals surface area (Å²) < 4.78 is 0. The second kappa shape index (κ2) is 4.88. The maximum Gasteiger partial charge on any atom is 0.306 e. The number of carbonyl (C=O) groups is 3. The third-order valence-electron chi connectivity index (χ3n) is 1.87. The van der Waals surface area contributed by atoms with Gasteiger partial charge in [-0.2, -0.15) is 0 Å². The first-order valence-corrected chi connectivity index (χ1v) is 4.39. The molecule has 6 nitrogen and oxygen atoms in total. The minimum atomic E-state index is -2.31. The van der Waals surface area contributed by atoms with Gasteiger partial charge in [-0.05, 0) is 0 Å². The summed E-state index contributed by atoms with van der Waals surface area (Å²) in [5, 5.41) is 26.7. The van der Waals surface area contributed by atoms with E-state index in [-0.39, 0.29) is 0 Å². The number of aliphatic hydroxyl groups is 1. The SMILES string of the molecule is CC(C)C(=O)C(O)(CC(=O)O)CC(=O)O. The number of ketones is 1. The van der Waals surface area contributed by atoms with E-state index in [9.17, 15) is 19.5 Å². The lowest BCUT2D eigenvalue weighted by molar-refractivity contribution is -0.159. The Balaban J connectivity index is 4.92. The van der Waals surface area contributed by atoms with Crippen LogP contribution in [0.4, 0.5) is 0 Å². The van der Waals surface area contributed by atoms with Crippen LogP contribution in [0.3, 0.4) is 0 Å². The molecule has 0 heterocycles. The molecule has 0 spiro atoms. The Morgan fingerprint density at radius 2 is 1.40 bits per heavy atom. The molecule has 0 radical (unpaired) electrons. The van der Waals surface area contributed by atoms with Crippen molar-refractivity contribution in [3.8, 4) is 0 Å². The molecule has 0 aromatic heterocycles. The van der Waals surface area contributed by atoms with E-state index in [0.717, 1.165) is 0 Å². The van der Waals surface area contributed by atoms with Crippen LogP contribution in [0.1, 0.15) is 26.7 Å². The van der Waals surface area contributed by atoms with Gasteiger partial charge in [0, 0.05) is 5.92 Å². The Kier molecular flexibility index (Phi) is 4.41. The van der Waals surface area contributed by atoms with Crippen LogP contribution in [0.15, 0.2) is 0 Å². The van der Waals surface area contributed by atoms with Gasteiger partial charge in [-0.1, -0.05) is 13.8 Å². The molecule has 0 fully saturated rings. The molecule has 0 aromatic rings. The Morgan fingerprint density at radius 1 is 1.07 bits per heavy atom. The highest BCUT2D eigenvalue weighted by atomic mass is 16.4. The molecule has 0 bridgehead atoms. The van der Waals surface area contributed by atoms with Crippen LogP contribution in [0.2, 0.25) is 0 Å². The Bertz CT molecular complexity index is 264. The Morgan fingerprint density at radius 3 is 1.60 bits per heavy atom. The number of hydrogen-bond acceptors (Lipinski definition) is 4. The molecule has 0 aromatic carbocycles. The first-order chi connectivity index (χ1) is 6.69. The molecule has 0 saturated heterocycles. The molecule has 0 saturated carbocycles. The summed E-state index contributed by atoms with van der Waals surface area (Å²) in [5.74, 6) is -4.21. The van der Waals surface area contributed by atoms with Gasteiger partial charge in [0.2, 0.25) is 0 Å². The minimum Gasteiger partial charge on any atom is -0.481 e. The monoisotopic (exact) mass is 218 g/mol. The van der Waals surface area contributed by atoms with Crippen molar-refractivity contribution >= 4 is 17.7 Å². The maximum absolute atomic E-state index is 11.5. The highest BCUT2D eigenvalue weighted by Gasteiger charge is 2.41. The predicted molar refractivity (Wildman–Crippen MR) is 49.3 cm³/mol. The molecule has 0 amide bonds. The normalized spacial score (nSPS) is 11.5. The zero-order chi connectivity index (χ0) is 12.2. The van der Waals surface area contributed by atoms with E-state index in [2.05, 4.69) is 0 Å². The molecule has 0 aliphatic rings. The van der Waals surface area contributed by atoms with Crippen molar-refractivity contribution in [3.63, 3.8) is 0 Å². The molecule has 0 unspecified atom stereocenters.